The number of para-hydroxylation sites is 2. The SMILES string of the molecule is CC(C)(C)c1ccc(N2c3ccc(C(C)(C)C)cc3B3c4c2cc2c5c4-n4c6c(cccc6c6c7oc8ccccc8c7cc3c64)B5c3cc(C(C)(C)C)cc4c5cc(C(C)(C)C)ccc5n-2c34)cc1. The summed E-state index contributed by atoms with van der Waals surface area (Å²) in [5.41, 5.74) is 27.0. The summed E-state index contributed by atoms with van der Waals surface area (Å²) in [7, 11) is 0. The van der Waals surface area contributed by atoms with Crippen LogP contribution < -0.4 is 37.7 Å². The Balaban J connectivity index is 1.19. The summed E-state index contributed by atoms with van der Waals surface area (Å²) in [5.74, 6) is 0. The summed E-state index contributed by atoms with van der Waals surface area (Å²) in [6.07, 6.45) is 0. The molecule has 4 aliphatic rings. The van der Waals surface area contributed by atoms with Gasteiger partial charge in [0.1, 0.15) is 11.2 Å². The van der Waals surface area contributed by atoms with Gasteiger partial charge in [0.15, 0.2) is 0 Å². The van der Waals surface area contributed by atoms with Crippen molar-refractivity contribution >= 4 is 129 Å². The molecule has 0 saturated heterocycles. The van der Waals surface area contributed by atoms with Gasteiger partial charge in [-0.3, -0.25) is 0 Å². The predicted octanol–water partition coefficient (Wildman–Crippen LogP) is 12.7. The molecule has 15 rings (SSSR count). The Kier molecular flexibility index (Phi) is 7.42. The van der Waals surface area contributed by atoms with Crippen molar-refractivity contribution < 1.29 is 4.42 Å². The van der Waals surface area contributed by atoms with Crippen LogP contribution in [0.5, 0.6) is 0 Å². The molecule has 0 spiro atoms. The number of aromatic nitrogens is 2. The summed E-state index contributed by atoms with van der Waals surface area (Å²) >= 11 is 0. The van der Waals surface area contributed by atoms with Gasteiger partial charge in [-0.05, 0) is 125 Å². The monoisotopic (exact) mass is 905 g/mol. The summed E-state index contributed by atoms with van der Waals surface area (Å²) in [4.78, 5) is 2.62. The lowest BCUT2D eigenvalue weighted by molar-refractivity contribution is 0.590. The molecule has 70 heavy (non-hydrogen) atoms. The number of anilines is 3. The van der Waals surface area contributed by atoms with Gasteiger partial charge in [-0.1, -0.05) is 162 Å². The lowest BCUT2D eigenvalue weighted by Gasteiger charge is -2.45. The Morgan fingerprint density at radius 3 is 1.74 bits per heavy atom. The molecule has 4 aliphatic heterocycles. The molecule has 0 atom stereocenters. The molecule has 0 unspecified atom stereocenters. The van der Waals surface area contributed by atoms with E-state index in [-0.39, 0.29) is 35.1 Å². The van der Waals surface area contributed by atoms with Crippen LogP contribution in [0.15, 0.2) is 132 Å². The van der Waals surface area contributed by atoms with Crippen molar-refractivity contribution in [3.63, 3.8) is 0 Å². The van der Waals surface area contributed by atoms with Crippen molar-refractivity contribution in [1.29, 1.82) is 0 Å². The Hall–Kier alpha value is -6.91. The average molecular weight is 906 g/mol. The number of hydrogen-bond donors (Lipinski definition) is 0. The number of nitrogens with zero attached hydrogens (tertiary/aromatic N) is 3. The van der Waals surface area contributed by atoms with Gasteiger partial charge in [-0.25, -0.2) is 0 Å². The molecule has 3 aromatic heterocycles. The molecule has 0 aliphatic carbocycles. The highest BCUT2D eigenvalue weighted by Crippen LogP contribution is 2.49. The minimum absolute atomic E-state index is 0.00135. The zero-order chi connectivity index (χ0) is 48.0. The third-order valence-electron chi connectivity index (χ3n) is 17.1. The van der Waals surface area contributed by atoms with Gasteiger partial charge in [0, 0.05) is 66.4 Å². The second-order valence-corrected chi connectivity index (χ2v) is 25.4. The number of hydrogen-bond acceptors (Lipinski definition) is 2. The molecule has 0 radical (unpaired) electrons. The average Bonchev–Trinajstić information content (AvgIpc) is 3.98. The number of rotatable bonds is 1. The molecule has 6 heteroatoms. The predicted molar refractivity (Wildman–Crippen MR) is 301 cm³/mol. The molecule has 0 N–H and O–H groups in total. The molecule has 8 aromatic carbocycles. The van der Waals surface area contributed by atoms with Gasteiger partial charge in [-0.2, -0.15) is 0 Å². The number of benzene rings is 8. The summed E-state index contributed by atoms with van der Waals surface area (Å²) < 4.78 is 12.5. The van der Waals surface area contributed by atoms with Crippen molar-refractivity contribution in [2.24, 2.45) is 0 Å². The van der Waals surface area contributed by atoms with Gasteiger partial charge >= 0.3 is 0 Å². The van der Waals surface area contributed by atoms with Crippen LogP contribution >= 0.6 is 0 Å². The highest BCUT2D eigenvalue weighted by molar-refractivity contribution is 7.04. The first-order chi connectivity index (χ1) is 33.3. The third kappa shape index (κ3) is 5.00. The highest BCUT2D eigenvalue weighted by Gasteiger charge is 2.50. The molecular weight excluding hydrogens is 848 g/mol. The molecule has 7 heterocycles. The fraction of sp³-hybridized carbons (Fsp3) is 0.250. The van der Waals surface area contributed by atoms with Gasteiger partial charge in [0.25, 0.3) is 13.4 Å². The Labute approximate surface area is 411 Å². The van der Waals surface area contributed by atoms with Crippen molar-refractivity contribution in [3.8, 4) is 11.4 Å². The highest BCUT2D eigenvalue weighted by atomic mass is 16.3. The zero-order valence-electron chi connectivity index (χ0n) is 42.5. The first-order valence-corrected chi connectivity index (χ1v) is 25.6. The van der Waals surface area contributed by atoms with Crippen molar-refractivity contribution in [2.45, 2.75) is 105 Å². The maximum Gasteiger partial charge on any atom is 0.252 e. The largest absolute Gasteiger partial charge is 0.455 e. The van der Waals surface area contributed by atoms with Crippen LogP contribution in [0.4, 0.5) is 17.1 Å². The van der Waals surface area contributed by atoms with Crippen LogP contribution in [0.3, 0.4) is 0 Å². The summed E-state index contributed by atoms with van der Waals surface area (Å²) in [6, 6.07) is 50.3. The van der Waals surface area contributed by atoms with E-state index in [1.54, 1.807) is 0 Å². The van der Waals surface area contributed by atoms with Crippen molar-refractivity contribution in [3.05, 3.63) is 150 Å². The topological polar surface area (TPSA) is 26.2 Å². The van der Waals surface area contributed by atoms with Gasteiger partial charge in [-0.15, -0.1) is 0 Å². The quantitative estimate of drug-likeness (QED) is 0.153. The first kappa shape index (κ1) is 40.9. The Morgan fingerprint density at radius 2 is 1.00 bits per heavy atom. The van der Waals surface area contributed by atoms with Crippen LogP contribution in [0.25, 0.3) is 76.9 Å². The van der Waals surface area contributed by atoms with E-state index in [4.69, 9.17) is 4.42 Å². The first-order valence-electron chi connectivity index (χ1n) is 25.6. The minimum Gasteiger partial charge on any atom is -0.455 e. The molecule has 4 nitrogen and oxygen atoms in total. The second-order valence-electron chi connectivity index (χ2n) is 25.4. The van der Waals surface area contributed by atoms with E-state index < -0.39 is 0 Å². The molecule has 340 valence electrons. The normalized spacial score (nSPS) is 14.8. The molecule has 0 saturated carbocycles. The lowest BCUT2D eigenvalue weighted by Crippen LogP contribution is -2.67. The van der Waals surface area contributed by atoms with E-state index in [2.05, 4.69) is 225 Å². The van der Waals surface area contributed by atoms with E-state index in [0.29, 0.717) is 0 Å². The number of fused-ring (bicyclic) bond motifs is 14. The minimum atomic E-state index is -0.0644. The molecular formula is C64H57B2N3O. The maximum atomic E-state index is 7.09. The number of furan rings is 1. The molecule has 0 amide bonds. The van der Waals surface area contributed by atoms with Crippen LogP contribution in [0, 0.1) is 0 Å². The standard InChI is InChI=1S/C64H57B2N3O/c1-61(2,3)34-20-24-38(25-21-34)67-49-27-23-36(63(7,8)9)30-45(49)66-47-32-43-39-16-13-14-19-52(39)70-60(43)53-40-17-15-18-44-56(40)69(58(47)53)59-54(66)50(67)33-51-55(59)65(44)46-31-37(64(10,11)12)29-42-41-28-35(62(4,5)6)22-26-48(41)68(51)57(42)46/h13-33H,1-12H3. The fourth-order valence-corrected chi connectivity index (χ4v) is 13.5. The van der Waals surface area contributed by atoms with E-state index in [9.17, 15) is 0 Å². The van der Waals surface area contributed by atoms with Crippen LogP contribution in [0.1, 0.15) is 105 Å². The molecule has 0 fully saturated rings. The zero-order valence-corrected chi connectivity index (χ0v) is 42.5. The fourth-order valence-electron chi connectivity index (χ4n) is 13.5. The Morgan fingerprint density at radius 1 is 0.400 bits per heavy atom. The van der Waals surface area contributed by atoms with Crippen LogP contribution in [0.2, 0.25) is 0 Å². The lowest BCUT2D eigenvalue weighted by atomic mass is 9.29. The van der Waals surface area contributed by atoms with Gasteiger partial charge < -0.3 is 18.5 Å². The van der Waals surface area contributed by atoms with Crippen LogP contribution in [-0.2, 0) is 21.7 Å². The second kappa shape index (κ2) is 12.7. The van der Waals surface area contributed by atoms with E-state index in [0.717, 1.165) is 11.2 Å². The van der Waals surface area contributed by atoms with Gasteiger partial charge in [0.05, 0.1) is 16.4 Å². The molecule has 0 bridgehead atoms. The van der Waals surface area contributed by atoms with Crippen LogP contribution in [-0.4, -0.2) is 22.6 Å². The summed E-state index contributed by atoms with van der Waals surface area (Å²) in [5, 5.41) is 7.53. The Bertz CT molecular complexity index is 4230. The van der Waals surface area contributed by atoms with Crippen molar-refractivity contribution in [1.82, 2.24) is 9.13 Å². The smallest absolute Gasteiger partial charge is 0.252 e. The summed E-state index contributed by atoms with van der Waals surface area (Å²) in [6.45, 7) is 28.2. The third-order valence-corrected chi connectivity index (χ3v) is 17.1. The molecule has 11 aromatic rings. The van der Waals surface area contributed by atoms with E-state index >= 15 is 0 Å². The van der Waals surface area contributed by atoms with E-state index in [1.165, 1.54) is 138 Å². The maximum absolute atomic E-state index is 7.09. The van der Waals surface area contributed by atoms with Gasteiger partial charge in [0.2, 0.25) is 0 Å². The van der Waals surface area contributed by atoms with E-state index in [1.807, 2.05) is 0 Å². The van der Waals surface area contributed by atoms with Crippen molar-refractivity contribution in [2.75, 3.05) is 4.90 Å².